The SMILES string of the molecule is Cc1c(NC(=O)c2cc(C3CC3)c(CN3CCCC[C@H]3C(=O)O)cn2)cccc1-c1cccc(NC(=O)c2cc3c(cn2)CN(CCO)CC3)c1Cl. The van der Waals surface area contributed by atoms with Crippen LogP contribution in [-0.4, -0.2) is 80.0 Å². The van der Waals surface area contributed by atoms with Crippen molar-refractivity contribution in [3.05, 3.63) is 105 Å². The van der Waals surface area contributed by atoms with Crippen molar-refractivity contribution in [3.63, 3.8) is 0 Å². The van der Waals surface area contributed by atoms with Gasteiger partial charge in [0.15, 0.2) is 0 Å². The van der Waals surface area contributed by atoms with Crippen LogP contribution in [0, 0.1) is 6.92 Å². The predicted molar refractivity (Wildman–Crippen MR) is 200 cm³/mol. The van der Waals surface area contributed by atoms with Crippen molar-refractivity contribution in [1.82, 2.24) is 19.8 Å². The summed E-state index contributed by atoms with van der Waals surface area (Å²) in [6, 6.07) is 14.2. The summed E-state index contributed by atoms with van der Waals surface area (Å²) in [4.78, 5) is 52.0. The number of aliphatic carboxylic acids is 1. The molecule has 52 heavy (non-hydrogen) atoms. The van der Waals surface area contributed by atoms with Crippen LogP contribution in [0.4, 0.5) is 11.4 Å². The number of aromatic nitrogens is 2. The van der Waals surface area contributed by atoms with Crippen LogP contribution < -0.4 is 10.6 Å². The highest BCUT2D eigenvalue weighted by Gasteiger charge is 2.32. The van der Waals surface area contributed by atoms with Gasteiger partial charge >= 0.3 is 5.97 Å². The lowest BCUT2D eigenvalue weighted by Crippen LogP contribution is -2.44. The summed E-state index contributed by atoms with van der Waals surface area (Å²) in [5.74, 6) is -1.13. The second-order valence-corrected chi connectivity index (χ2v) is 14.4. The second-order valence-electron chi connectivity index (χ2n) is 14.0. The number of benzene rings is 2. The molecule has 0 radical (unpaired) electrons. The molecule has 11 nitrogen and oxygen atoms in total. The predicted octanol–water partition coefficient (Wildman–Crippen LogP) is 6.28. The number of amides is 2. The van der Waals surface area contributed by atoms with E-state index in [9.17, 15) is 24.6 Å². The van der Waals surface area contributed by atoms with Gasteiger partial charge in [-0.1, -0.05) is 42.3 Å². The molecule has 2 aromatic carbocycles. The van der Waals surface area contributed by atoms with Crippen molar-refractivity contribution >= 4 is 40.8 Å². The van der Waals surface area contributed by atoms with Gasteiger partial charge in [0.25, 0.3) is 11.8 Å². The molecule has 2 fully saturated rings. The molecule has 270 valence electrons. The van der Waals surface area contributed by atoms with Gasteiger partial charge in [-0.2, -0.15) is 0 Å². The Hall–Kier alpha value is -4.68. The molecule has 7 rings (SSSR count). The van der Waals surface area contributed by atoms with Crippen molar-refractivity contribution in [3.8, 4) is 11.1 Å². The summed E-state index contributed by atoms with van der Waals surface area (Å²) < 4.78 is 0. The number of aliphatic hydroxyl groups excluding tert-OH is 1. The minimum atomic E-state index is -0.789. The lowest BCUT2D eigenvalue weighted by atomic mass is 9.98. The van der Waals surface area contributed by atoms with Crippen molar-refractivity contribution in [2.45, 2.75) is 70.5 Å². The lowest BCUT2D eigenvalue weighted by molar-refractivity contribution is -0.144. The number of carboxylic acid groups (broad SMARTS) is 1. The van der Waals surface area contributed by atoms with Crippen molar-refractivity contribution in [2.24, 2.45) is 0 Å². The third kappa shape index (κ3) is 7.73. The van der Waals surface area contributed by atoms with E-state index in [-0.39, 0.29) is 18.4 Å². The summed E-state index contributed by atoms with van der Waals surface area (Å²) in [5, 5.41) is 25.4. The fourth-order valence-corrected chi connectivity index (χ4v) is 7.71. The fourth-order valence-electron chi connectivity index (χ4n) is 7.44. The van der Waals surface area contributed by atoms with Crippen molar-refractivity contribution in [1.29, 1.82) is 0 Å². The summed E-state index contributed by atoms with van der Waals surface area (Å²) in [5.41, 5.74) is 8.16. The number of carbonyl (C=O) groups is 3. The van der Waals surface area contributed by atoms with Gasteiger partial charge in [-0.15, -0.1) is 0 Å². The highest BCUT2D eigenvalue weighted by Crippen LogP contribution is 2.43. The van der Waals surface area contributed by atoms with Gasteiger partial charge < -0.3 is 20.8 Å². The topological polar surface area (TPSA) is 148 Å². The number of halogens is 1. The molecule has 4 aromatic rings. The van der Waals surface area contributed by atoms with Gasteiger partial charge in [-0.05, 0) is 109 Å². The Morgan fingerprint density at radius 1 is 0.885 bits per heavy atom. The molecule has 2 amide bonds. The van der Waals surface area contributed by atoms with Crippen LogP contribution in [0.3, 0.4) is 0 Å². The number of carbonyl (C=O) groups excluding carboxylic acids is 2. The number of anilines is 2. The monoisotopic (exact) mass is 722 g/mol. The zero-order valence-electron chi connectivity index (χ0n) is 29.2. The number of nitrogens with zero attached hydrogens (tertiary/aromatic N) is 4. The fraction of sp³-hybridized carbons (Fsp3) is 0.375. The number of rotatable bonds is 11. The summed E-state index contributed by atoms with van der Waals surface area (Å²) in [7, 11) is 0. The number of carboxylic acids is 1. The summed E-state index contributed by atoms with van der Waals surface area (Å²) in [6.45, 7) is 5.37. The van der Waals surface area contributed by atoms with Crippen molar-refractivity contribution < 1.29 is 24.6 Å². The third-order valence-corrected chi connectivity index (χ3v) is 10.9. The Morgan fingerprint density at radius 2 is 1.60 bits per heavy atom. The molecule has 0 bridgehead atoms. The van der Waals surface area contributed by atoms with Gasteiger partial charge in [0.1, 0.15) is 17.4 Å². The Labute approximate surface area is 308 Å². The van der Waals surface area contributed by atoms with Crippen LogP contribution in [0.2, 0.25) is 5.02 Å². The lowest BCUT2D eigenvalue weighted by Gasteiger charge is -2.33. The first-order chi connectivity index (χ1) is 25.2. The van der Waals surface area contributed by atoms with Gasteiger partial charge in [-0.3, -0.25) is 34.2 Å². The van der Waals surface area contributed by atoms with Crippen LogP contribution in [0.5, 0.6) is 0 Å². The standard InChI is InChI=1S/C40H43ClN6O5/c1-24-29(30-7-5-9-33(37(30)41)45-38(49)34-18-26-13-15-46(16-17-48)22-27(26)20-42-34)6-4-8-32(24)44-39(50)35-19-31(25-11-12-25)28(21-43-35)23-47-14-3-2-10-36(47)40(51)52/h4-9,18-21,25,36,48H,2-3,10-17,22-23H2,1H3,(H,44,50)(H,45,49)(H,51,52)/t36-/m0/s1. The maximum Gasteiger partial charge on any atom is 0.320 e. The number of aliphatic hydroxyl groups is 1. The van der Waals surface area contributed by atoms with Gasteiger partial charge in [0, 0.05) is 49.8 Å². The molecular weight excluding hydrogens is 680 g/mol. The van der Waals surface area contributed by atoms with E-state index in [0.29, 0.717) is 65.3 Å². The molecule has 0 unspecified atom stereocenters. The first-order valence-electron chi connectivity index (χ1n) is 18.0. The number of nitrogens with one attached hydrogen (secondary N) is 2. The number of pyridine rings is 2. The van der Waals surface area contributed by atoms with Crippen LogP contribution >= 0.6 is 11.6 Å². The summed E-state index contributed by atoms with van der Waals surface area (Å²) >= 11 is 6.93. The maximum absolute atomic E-state index is 13.6. The number of hydrogen-bond donors (Lipinski definition) is 4. The minimum Gasteiger partial charge on any atom is -0.480 e. The molecule has 1 atom stereocenters. The number of β-amino-alcohol motifs (C(OH)–C–C–N with tert-alkyl or cyclic N) is 1. The minimum absolute atomic E-state index is 0.105. The molecule has 1 aliphatic carbocycles. The second kappa shape index (κ2) is 15.5. The molecule has 2 aliphatic heterocycles. The third-order valence-electron chi connectivity index (χ3n) is 10.5. The molecule has 3 aliphatic rings. The highest BCUT2D eigenvalue weighted by molar-refractivity contribution is 6.36. The van der Waals surface area contributed by atoms with Crippen LogP contribution in [-0.2, 0) is 24.3 Å². The van der Waals surface area contributed by atoms with Crippen LogP contribution in [0.1, 0.15) is 86.8 Å². The van der Waals surface area contributed by atoms with E-state index in [4.69, 9.17) is 11.6 Å². The number of likely N-dealkylation sites (tertiary alicyclic amines) is 1. The van der Waals surface area contributed by atoms with Crippen molar-refractivity contribution in [2.75, 3.05) is 36.9 Å². The smallest absolute Gasteiger partial charge is 0.320 e. The quantitative estimate of drug-likeness (QED) is 0.141. The van der Waals surface area contributed by atoms with Gasteiger partial charge in [-0.25, -0.2) is 0 Å². The Bertz CT molecular complexity index is 2020. The Balaban J connectivity index is 1.07. The Morgan fingerprint density at radius 3 is 2.35 bits per heavy atom. The van der Waals surface area contributed by atoms with Crippen LogP contribution in [0.25, 0.3) is 11.1 Å². The maximum atomic E-state index is 13.6. The average molecular weight is 723 g/mol. The molecule has 2 aromatic heterocycles. The number of piperidine rings is 1. The first-order valence-corrected chi connectivity index (χ1v) is 18.4. The zero-order chi connectivity index (χ0) is 36.4. The van der Waals surface area contributed by atoms with E-state index >= 15 is 0 Å². The number of hydrogen-bond acceptors (Lipinski definition) is 8. The van der Waals surface area contributed by atoms with E-state index in [0.717, 1.165) is 78.6 Å². The molecule has 4 N–H and O–H groups in total. The van der Waals surface area contributed by atoms with E-state index in [1.807, 2.05) is 54.3 Å². The number of fused-ring (bicyclic) bond motifs is 1. The van der Waals surface area contributed by atoms with Crippen LogP contribution in [0.15, 0.2) is 60.9 Å². The largest absolute Gasteiger partial charge is 0.480 e. The first kappa shape index (κ1) is 35.7. The summed E-state index contributed by atoms with van der Waals surface area (Å²) in [6.07, 6.45) is 8.85. The Kier molecular flexibility index (Phi) is 10.7. The molecule has 1 saturated carbocycles. The normalized spacial score (nSPS) is 17.7. The molecular formula is C40H43ClN6O5. The van der Waals surface area contributed by atoms with E-state index in [1.54, 1.807) is 18.5 Å². The molecule has 4 heterocycles. The molecule has 1 saturated heterocycles. The average Bonchev–Trinajstić information content (AvgIpc) is 3.99. The molecule has 12 heteroatoms. The zero-order valence-corrected chi connectivity index (χ0v) is 30.0. The van der Waals surface area contributed by atoms with E-state index in [1.165, 1.54) is 0 Å². The highest BCUT2D eigenvalue weighted by atomic mass is 35.5. The van der Waals surface area contributed by atoms with Gasteiger partial charge in [0.05, 0.1) is 17.3 Å². The van der Waals surface area contributed by atoms with Gasteiger partial charge in [0.2, 0.25) is 0 Å². The van der Waals surface area contributed by atoms with E-state index in [2.05, 4.69) is 25.5 Å². The van der Waals surface area contributed by atoms with E-state index < -0.39 is 12.0 Å². The molecule has 0 spiro atoms.